The van der Waals surface area contributed by atoms with Crippen LogP contribution in [-0.2, 0) is 25.9 Å². The van der Waals surface area contributed by atoms with Gasteiger partial charge in [-0.05, 0) is 24.8 Å². The van der Waals surface area contributed by atoms with Crippen LogP contribution in [0.3, 0.4) is 0 Å². The number of aryl methyl sites for hydroxylation is 1. The number of rotatable bonds is 4. The lowest BCUT2D eigenvalue weighted by Gasteiger charge is -2.18. The molecule has 1 aromatic heterocycles. The van der Waals surface area contributed by atoms with Gasteiger partial charge in [-0.3, -0.25) is 0 Å². The van der Waals surface area contributed by atoms with E-state index in [0.717, 1.165) is 28.2 Å². The zero-order valence-corrected chi connectivity index (χ0v) is 14.7. The minimum absolute atomic E-state index is 0.0449. The molecule has 1 heterocycles. The maximum Gasteiger partial charge on any atom is 0.339 e. The van der Waals surface area contributed by atoms with Crippen LogP contribution in [0, 0.1) is 0 Å². The second-order valence-electron chi connectivity index (χ2n) is 7.33. The third-order valence-electron chi connectivity index (χ3n) is 4.62. The Morgan fingerprint density at radius 3 is 2.12 bits per heavy atom. The first-order valence-corrected chi connectivity index (χ1v) is 8.43. The first-order valence-electron chi connectivity index (χ1n) is 8.43. The Bertz CT molecular complexity index is 853. The van der Waals surface area contributed by atoms with Crippen molar-refractivity contribution in [2.45, 2.75) is 32.4 Å². The minimum atomic E-state index is -0.338. The zero-order valence-electron chi connectivity index (χ0n) is 14.7. The van der Waals surface area contributed by atoms with Crippen LogP contribution in [0.1, 0.15) is 28.7 Å². The first kappa shape index (κ1) is 16.8. The van der Waals surface area contributed by atoms with Crippen LogP contribution in [0.25, 0.3) is 11.0 Å². The number of phenolic OH excluding ortho intramolecular Hbond substituents is 2. The molecule has 0 atom stereocenters. The second-order valence-corrected chi connectivity index (χ2v) is 7.33. The van der Waals surface area contributed by atoms with E-state index in [0.29, 0.717) is 47.2 Å². The number of benzene rings is 1. The normalized spacial score (nSPS) is 14.1. The zero-order chi connectivity index (χ0) is 17.6. The molecular weight excluding hydrogens is 308 g/mol. The Labute approximate surface area is 140 Å². The Balaban J connectivity index is 2.42. The SMILES string of the molecule is C[NH+](C)Cc1c(O)c(C[NH+](C)C)c2oc(=O)c3c(c2c1O)CCC3. The quantitative estimate of drug-likeness (QED) is 0.540. The van der Waals surface area contributed by atoms with Gasteiger partial charge in [0.15, 0.2) is 5.58 Å². The largest absolute Gasteiger partial charge is 0.507 e. The smallest absolute Gasteiger partial charge is 0.339 e. The van der Waals surface area contributed by atoms with Gasteiger partial charge in [0, 0.05) is 5.56 Å². The van der Waals surface area contributed by atoms with Gasteiger partial charge in [-0.1, -0.05) is 0 Å². The predicted octanol–water partition coefficient (Wildman–Crippen LogP) is -1.02. The van der Waals surface area contributed by atoms with Crippen molar-refractivity contribution in [3.8, 4) is 11.5 Å². The third-order valence-corrected chi connectivity index (χ3v) is 4.62. The summed E-state index contributed by atoms with van der Waals surface area (Å²) in [7, 11) is 7.88. The number of hydrogen-bond acceptors (Lipinski definition) is 4. The van der Waals surface area contributed by atoms with Crippen molar-refractivity contribution in [3.05, 3.63) is 32.7 Å². The second kappa shape index (κ2) is 6.11. The van der Waals surface area contributed by atoms with Gasteiger partial charge in [0.2, 0.25) is 0 Å². The summed E-state index contributed by atoms with van der Waals surface area (Å²) in [5.74, 6) is 0.103. The molecule has 1 aliphatic rings. The fourth-order valence-electron chi connectivity index (χ4n) is 3.64. The molecule has 1 aliphatic carbocycles. The molecule has 0 bridgehead atoms. The van der Waals surface area contributed by atoms with Crippen LogP contribution in [-0.4, -0.2) is 38.4 Å². The van der Waals surface area contributed by atoms with Gasteiger partial charge in [-0.15, -0.1) is 0 Å². The average molecular weight is 334 g/mol. The number of aromatic hydroxyl groups is 2. The number of fused-ring (bicyclic) bond motifs is 3. The molecule has 130 valence electrons. The molecule has 0 saturated heterocycles. The molecule has 0 amide bonds. The summed E-state index contributed by atoms with van der Waals surface area (Å²) < 4.78 is 5.56. The monoisotopic (exact) mass is 334 g/mol. The lowest BCUT2D eigenvalue weighted by Crippen LogP contribution is -3.04. The highest BCUT2D eigenvalue weighted by molar-refractivity contribution is 5.93. The molecule has 0 unspecified atom stereocenters. The van der Waals surface area contributed by atoms with Crippen molar-refractivity contribution in [1.82, 2.24) is 0 Å². The highest BCUT2D eigenvalue weighted by atomic mass is 16.4. The number of quaternary nitrogens is 2. The number of hydrogen-bond donors (Lipinski definition) is 4. The predicted molar refractivity (Wildman–Crippen MR) is 90.9 cm³/mol. The highest BCUT2D eigenvalue weighted by Crippen LogP contribution is 2.42. The third kappa shape index (κ3) is 2.65. The van der Waals surface area contributed by atoms with Gasteiger partial charge in [-0.25, -0.2) is 4.79 Å². The molecule has 6 heteroatoms. The molecule has 1 aromatic carbocycles. The summed E-state index contributed by atoms with van der Waals surface area (Å²) >= 11 is 0. The van der Waals surface area contributed by atoms with Gasteiger partial charge in [0.05, 0.1) is 44.7 Å². The lowest BCUT2D eigenvalue weighted by atomic mass is 9.97. The van der Waals surface area contributed by atoms with Crippen molar-refractivity contribution in [3.63, 3.8) is 0 Å². The molecular formula is C18H26N2O4+2. The van der Waals surface area contributed by atoms with E-state index in [4.69, 9.17) is 4.42 Å². The van der Waals surface area contributed by atoms with Gasteiger partial charge < -0.3 is 24.4 Å². The van der Waals surface area contributed by atoms with Crippen LogP contribution in [0.2, 0.25) is 0 Å². The van der Waals surface area contributed by atoms with E-state index < -0.39 is 0 Å². The van der Waals surface area contributed by atoms with E-state index >= 15 is 0 Å². The Morgan fingerprint density at radius 2 is 1.50 bits per heavy atom. The molecule has 0 aliphatic heterocycles. The minimum Gasteiger partial charge on any atom is -0.507 e. The fraction of sp³-hybridized carbons (Fsp3) is 0.500. The lowest BCUT2D eigenvalue weighted by molar-refractivity contribution is -0.873. The van der Waals surface area contributed by atoms with Crippen LogP contribution in [0.5, 0.6) is 11.5 Å². The summed E-state index contributed by atoms with van der Waals surface area (Å²) in [5.41, 5.74) is 2.70. The fourth-order valence-corrected chi connectivity index (χ4v) is 3.64. The van der Waals surface area contributed by atoms with Gasteiger partial charge in [0.25, 0.3) is 0 Å². The molecule has 0 radical (unpaired) electrons. The molecule has 4 N–H and O–H groups in total. The Kier molecular flexibility index (Phi) is 4.27. The summed E-state index contributed by atoms with van der Waals surface area (Å²) in [5, 5.41) is 22.2. The molecule has 0 spiro atoms. The van der Waals surface area contributed by atoms with E-state index in [1.165, 1.54) is 0 Å². The number of phenols is 2. The topological polar surface area (TPSA) is 79.5 Å². The van der Waals surface area contributed by atoms with Crippen molar-refractivity contribution in [2.75, 3.05) is 28.2 Å². The van der Waals surface area contributed by atoms with Gasteiger partial charge in [0.1, 0.15) is 24.6 Å². The van der Waals surface area contributed by atoms with Crippen molar-refractivity contribution >= 4 is 11.0 Å². The van der Waals surface area contributed by atoms with Crippen molar-refractivity contribution < 1.29 is 24.4 Å². The van der Waals surface area contributed by atoms with Crippen LogP contribution < -0.4 is 15.4 Å². The van der Waals surface area contributed by atoms with Gasteiger partial charge in [-0.2, -0.15) is 0 Å². The van der Waals surface area contributed by atoms with E-state index in [2.05, 4.69) is 0 Å². The van der Waals surface area contributed by atoms with E-state index in [9.17, 15) is 15.0 Å². The average Bonchev–Trinajstić information content (AvgIpc) is 2.97. The standard InChI is InChI=1S/C18H24N2O4/c1-19(2)8-12-15(21)13(9-20(3)4)17-14(16(12)22)10-6-5-7-11(10)18(23)24-17/h21-22H,5-9H2,1-4H3/p+2. The van der Waals surface area contributed by atoms with Crippen molar-refractivity contribution in [2.24, 2.45) is 0 Å². The molecule has 0 saturated carbocycles. The Hall–Kier alpha value is -2.05. The van der Waals surface area contributed by atoms with Crippen LogP contribution in [0.15, 0.2) is 9.21 Å². The van der Waals surface area contributed by atoms with E-state index in [1.807, 2.05) is 28.2 Å². The summed E-state index contributed by atoms with van der Waals surface area (Å²) in [6.45, 7) is 1.01. The van der Waals surface area contributed by atoms with Gasteiger partial charge >= 0.3 is 5.63 Å². The molecule has 0 fully saturated rings. The van der Waals surface area contributed by atoms with E-state index in [-0.39, 0.29) is 17.1 Å². The summed E-state index contributed by atoms with van der Waals surface area (Å²) in [6.07, 6.45) is 2.34. The maximum atomic E-state index is 12.3. The van der Waals surface area contributed by atoms with E-state index in [1.54, 1.807) is 0 Å². The Morgan fingerprint density at radius 1 is 0.917 bits per heavy atom. The summed E-state index contributed by atoms with van der Waals surface area (Å²) in [4.78, 5) is 14.5. The first-order chi connectivity index (χ1) is 11.3. The molecule has 24 heavy (non-hydrogen) atoms. The molecule has 3 rings (SSSR count). The molecule has 2 aromatic rings. The highest BCUT2D eigenvalue weighted by Gasteiger charge is 2.29. The van der Waals surface area contributed by atoms with Crippen LogP contribution in [0.4, 0.5) is 0 Å². The van der Waals surface area contributed by atoms with Crippen LogP contribution >= 0.6 is 0 Å². The number of nitrogens with one attached hydrogen (secondary N) is 2. The van der Waals surface area contributed by atoms with Crippen molar-refractivity contribution in [1.29, 1.82) is 0 Å². The molecule has 6 nitrogen and oxygen atoms in total. The summed E-state index contributed by atoms with van der Waals surface area (Å²) in [6, 6.07) is 0. The maximum absolute atomic E-state index is 12.3.